The highest BCUT2D eigenvalue weighted by molar-refractivity contribution is 5.93. The molecule has 0 aromatic heterocycles. The van der Waals surface area contributed by atoms with Crippen molar-refractivity contribution >= 4 is 17.1 Å². The van der Waals surface area contributed by atoms with E-state index < -0.39 is 0 Å². The van der Waals surface area contributed by atoms with Gasteiger partial charge in [-0.2, -0.15) is 0 Å². The van der Waals surface area contributed by atoms with E-state index in [4.69, 9.17) is 0 Å². The van der Waals surface area contributed by atoms with Crippen molar-refractivity contribution in [1.29, 1.82) is 0 Å². The molecule has 0 radical (unpaired) electrons. The van der Waals surface area contributed by atoms with Gasteiger partial charge in [0.1, 0.15) is 0 Å². The molecule has 0 N–H and O–H groups in total. The minimum Gasteiger partial charge on any atom is -0.310 e. The predicted octanol–water partition coefficient (Wildman–Crippen LogP) is 17.4. The van der Waals surface area contributed by atoms with E-state index in [1.165, 1.54) is 89.0 Å². The summed E-state index contributed by atoms with van der Waals surface area (Å²) in [4.78, 5) is 2.45. The molecule has 0 bridgehead atoms. The van der Waals surface area contributed by atoms with Crippen molar-refractivity contribution in [3.05, 3.63) is 209 Å². The molecule has 0 amide bonds. The van der Waals surface area contributed by atoms with Crippen LogP contribution in [-0.4, -0.2) is 0 Å². The fourth-order valence-corrected chi connectivity index (χ4v) is 10.5. The Balaban J connectivity index is 1.07. The Morgan fingerprint density at radius 1 is 0.333 bits per heavy atom. The van der Waals surface area contributed by atoms with E-state index >= 15 is 0 Å². The lowest BCUT2D eigenvalue weighted by Gasteiger charge is -2.30. The summed E-state index contributed by atoms with van der Waals surface area (Å²) in [5.41, 5.74) is 24.4. The summed E-state index contributed by atoms with van der Waals surface area (Å²) in [6.45, 7) is 23.5. The van der Waals surface area contributed by atoms with Crippen LogP contribution < -0.4 is 4.90 Å². The molecule has 2 aliphatic carbocycles. The average Bonchev–Trinajstić information content (AvgIpc) is 3.65. The van der Waals surface area contributed by atoms with Crippen molar-refractivity contribution in [3.8, 4) is 55.6 Å². The van der Waals surface area contributed by atoms with E-state index in [-0.39, 0.29) is 21.7 Å². The van der Waals surface area contributed by atoms with Crippen LogP contribution in [0.3, 0.4) is 0 Å². The zero-order valence-electron chi connectivity index (χ0n) is 38.7. The highest BCUT2D eigenvalue weighted by Gasteiger charge is 2.40. The van der Waals surface area contributed by atoms with Crippen LogP contribution in [0, 0.1) is 0 Å². The van der Waals surface area contributed by atoms with E-state index in [2.05, 4.69) is 250 Å². The fourth-order valence-electron chi connectivity index (χ4n) is 10.5. The molecule has 0 heterocycles. The van der Waals surface area contributed by atoms with Gasteiger partial charge in [-0.25, -0.2) is 0 Å². The van der Waals surface area contributed by atoms with Crippen LogP contribution in [0.2, 0.25) is 0 Å². The zero-order chi connectivity index (χ0) is 44.1. The van der Waals surface area contributed by atoms with Gasteiger partial charge in [0.15, 0.2) is 0 Å². The number of hydrogen-bond acceptors (Lipinski definition) is 1. The topological polar surface area (TPSA) is 3.24 Å². The molecule has 0 saturated heterocycles. The van der Waals surface area contributed by atoms with Gasteiger partial charge in [0.05, 0.1) is 5.69 Å². The summed E-state index contributed by atoms with van der Waals surface area (Å²) in [6.07, 6.45) is 0. The van der Waals surface area contributed by atoms with Crippen LogP contribution in [0.15, 0.2) is 176 Å². The Kier molecular flexibility index (Phi) is 9.39. The lowest BCUT2D eigenvalue weighted by atomic mass is 9.75. The summed E-state index contributed by atoms with van der Waals surface area (Å²) in [5.74, 6) is 0. The lowest BCUT2D eigenvalue weighted by molar-refractivity contribution is 0.589. The lowest BCUT2D eigenvalue weighted by Crippen LogP contribution is -2.18. The predicted molar refractivity (Wildman–Crippen MR) is 270 cm³/mol. The van der Waals surface area contributed by atoms with Crippen molar-refractivity contribution in [2.75, 3.05) is 4.90 Å². The monoisotopic (exact) mass is 817 g/mol. The first-order chi connectivity index (χ1) is 30.0. The molecule has 10 rings (SSSR count). The normalized spacial score (nSPS) is 14.4. The number of benzene rings is 8. The summed E-state index contributed by atoms with van der Waals surface area (Å²) < 4.78 is 0. The van der Waals surface area contributed by atoms with Crippen LogP contribution in [0.4, 0.5) is 17.1 Å². The molecule has 312 valence electrons. The maximum atomic E-state index is 2.48. The minimum atomic E-state index is -0.186. The Bertz CT molecular complexity index is 3040. The molecule has 0 saturated carbocycles. The van der Waals surface area contributed by atoms with Gasteiger partial charge in [-0.1, -0.05) is 209 Å². The van der Waals surface area contributed by atoms with Crippen LogP contribution >= 0.6 is 0 Å². The highest BCUT2D eigenvalue weighted by atomic mass is 15.1. The summed E-state index contributed by atoms with van der Waals surface area (Å²) in [6, 6.07) is 66.3. The van der Waals surface area contributed by atoms with Gasteiger partial charge < -0.3 is 4.90 Å². The van der Waals surface area contributed by atoms with Crippen molar-refractivity contribution in [1.82, 2.24) is 0 Å². The summed E-state index contributed by atoms with van der Waals surface area (Å²) >= 11 is 0. The SMILES string of the molecule is CC(C)(C)c1ccc(-c2cc(C(C)(C)C)cc3c2C(C)(C)c2cc(-c4ccc(N(c5ccc6c(c5)C(C)(C)c5ccccc5-6)c5ccccc5-c5ccccc5)cc4)ccc2-3)cc1. The van der Waals surface area contributed by atoms with Crippen molar-refractivity contribution in [2.24, 2.45) is 0 Å². The van der Waals surface area contributed by atoms with Crippen LogP contribution in [-0.2, 0) is 21.7 Å². The second kappa shape index (κ2) is 14.6. The van der Waals surface area contributed by atoms with Crippen LogP contribution in [0.25, 0.3) is 55.6 Å². The second-order valence-corrected chi connectivity index (χ2v) is 21.1. The highest BCUT2D eigenvalue weighted by Crippen LogP contribution is 2.55. The molecular weight excluding hydrogens is 759 g/mol. The van der Waals surface area contributed by atoms with Gasteiger partial charge >= 0.3 is 0 Å². The Morgan fingerprint density at radius 2 is 0.841 bits per heavy atom. The van der Waals surface area contributed by atoms with Crippen molar-refractivity contribution in [2.45, 2.75) is 90.9 Å². The van der Waals surface area contributed by atoms with E-state index in [0.717, 1.165) is 17.1 Å². The minimum absolute atomic E-state index is 0.0141. The van der Waals surface area contributed by atoms with E-state index in [1.54, 1.807) is 0 Å². The molecule has 63 heavy (non-hydrogen) atoms. The van der Waals surface area contributed by atoms with Crippen LogP contribution in [0.1, 0.15) is 103 Å². The maximum absolute atomic E-state index is 2.48. The zero-order valence-corrected chi connectivity index (χ0v) is 38.7. The number of nitrogens with zero attached hydrogens (tertiary/aromatic N) is 1. The smallest absolute Gasteiger partial charge is 0.0540 e. The van der Waals surface area contributed by atoms with Gasteiger partial charge in [-0.15, -0.1) is 0 Å². The summed E-state index contributed by atoms with van der Waals surface area (Å²) in [5, 5.41) is 0. The van der Waals surface area contributed by atoms with Crippen molar-refractivity contribution < 1.29 is 0 Å². The molecule has 0 spiro atoms. The second-order valence-electron chi connectivity index (χ2n) is 21.1. The third-order valence-electron chi connectivity index (χ3n) is 14.2. The molecule has 2 aliphatic rings. The number of anilines is 3. The van der Waals surface area contributed by atoms with Gasteiger partial charge in [-0.05, 0) is 131 Å². The van der Waals surface area contributed by atoms with E-state index in [1.807, 2.05) is 0 Å². The quantitative estimate of drug-likeness (QED) is 0.162. The third-order valence-corrected chi connectivity index (χ3v) is 14.2. The first-order valence-electron chi connectivity index (χ1n) is 22.8. The van der Waals surface area contributed by atoms with E-state index in [0.29, 0.717) is 0 Å². The fraction of sp³-hybridized carbons (Fsp3) is 0.226. The van der Waals surface area contributed by atoms with Gasteiger partial charge in [0.2, 0.25) is 0 Å². The van der Waals surface area contributed by atoms with Gasteiger partial charge in [-0.3, -0.25) is 0 Å². The number of hydrogen-bond donors (Lipinski definition) is 0. The number of para-hydroxylation sites is 1. The van der Waals surface area contributed by atoms with Crippen LogP contribution in [0.5, 0.6) is 0 Å². The Labute approximate surface area is 376 Å². The number of fused-ring (bicyclic) bond motifs is 6. The van der Waals surface area contributed by atoms with Gasteiger partial charge in [0.25, 0.3) is 0 Å². The average molecular weight is 818 g/mol. The van der Waals surface area contributed by atoms with Crippen molar-refractivity contribution in [3.63, 3.8) is 0 Å². The Hall–Kier alpha value is -6.44. The number of rotatable bonds is 6. The van der Waals surface area contributed by atoms with Gasteiger partial charge in [0, 0.05) is 27.8 Å². The maximum Gasteiger partial charge on any atom is 0.0540 e. The first kappa shape index (κ1) is 40.6. The molecular formula is C62H59N. The molecule has 0 unspecified atom stereocenters. The molecule has 8 aromatic carbocycles. The summed E-state index contributed by atoms with van der Waals surface area (Å²) in [7, 11) is 0. The molecule has 0 atom stereocenters. The molecule has 8 aromatic rings. The Morgan fingerprint density at radius 3 is 1.54 bits per heavy atom. The third kappa shape index (κ3) is 6.76. The van der Waals surface area contributed by atoms with E-state index in [9.17, 15) is 0 Å². The first-order valence-corrected chi connectivity index (χ1v) is 22.8. The molecule has 0 fully saturated rings. The standard InChI is InChI=1S/C62H59N/c1-59(2,3)44-29-24-42(25-30-44)52-37-45(60(4,5)6)38-53-51-34-28-43(36-55(51)62(9,10)58(52)53)40-26-31-46(32-27-40)63(57-23-17-15-20-48(57)41-18-12-11-13-19-41)47-33-35-50-49-21-14-16-22-54(49)61(7,8)56(50)39-47/h11-39H,1-10H3. The molecule has 1 nitrogen and oxygen atoms in total. The molecule has 1 heteroatoms. The largest absolute Gasteiger partial charge is 0.310 e. The molecule has 0 aliphatic heterocycles.